The third-order valence-corrected chi connectivity index (χ3v) is 3.25. The molecule has 1 atom stereocenters. The maximum atomic E-state index is 13.0. The topological polar surface area (TPSA) is 44.4 Å². The molecule has 2 N–H and O–H groups in total. The van der Waals surface area contributed by atoms with Crippen molar-refractivity contribution in [1.29, 1.82) is 0 Å². The van der Waals surface area contributed by atoms with E-state index in [1.54, 1.807) is 12.1 Å². The zero-order valence-corrected chi connectivity index (χ0v) is 13.3. The fourth-order valence-corrected chi connectivity index (χ4v) is 2.09. The minimum atomic E-state index is -0.269. The molecule has 0 aliphatic rings. The Balaban J connectivity index is 2.51. The van der Waals surface area contributed by atoms with Crippen molar-refractivity contribution in [2.45, 2.75) is 26.3 Å². The van der Waals surface area contributed by atoms with Gasteiger partial charge in [-0.25, -0.2) is 9.18 Å². The van der Waals surface area contributed by atoms with Crippen molar-refractivity contribution < 1.29 is 9.18 Å². The molecule has 0 radical (unpaired) electrons. The molecule has 1 aromatic carbocycles. The summed E-state index contributed by atoms with van der Waals surface area (Å²) in [5.74, 6) is -0.0441. The fraction of sp³-hybridized carbons (Fsp3) is 0.562. The van der Waals surface area contributed by atoms with Gasteiger partial charge in [-0.2, -0.15) is 0 Å². The van der Waals surface area contributed by atoms with Crippen LogP contribution in [0.4, 0.5) is 9.18 Å². The number of hydrogen-bond donors (Lipinski definition) is 2. The van der Waals surface area contributed by atoms with Gasteiger partial charge in [0.15, 0.2) is 0 Å². The predicted octanol–water partition coefficient (Wildman–Crippen LogP) is 2.77. The van der Waals surface area contributed by atoms with Crippen LogP contribution in [-0.4, -0.2) is 38.1 Å². The first-order valence-electron chi connectivity index (χ1n) is 7.34. The first-order chi connectivity index (χ1) is 9.90. The molecule has 0 spiro atoms. The van der Waals surface area contributed by atoms with E-state index in [9.17, 15) is 9.18 Å². The van der Waals surface area contributed by atoms with Crippen molar-refractivity contribution in [3.63, 3.8) is 0 Å². The van der Waals surface area contributed by atoms with Gasteiger partial charge in [0.1, 0.15) is 5.82 Å². The lowest BCUT2D eigenvalue weighted by atomic mass is 9.96. The highest BCUT2D eigenvalue weighted by molar-refractivity contribution is 5.74. The Morgan fingerprint density at radius 1 is 1.24 bits per heavy atom. The molecule has 1 aromatic rings. The largest absolute Gasteiger partial charge is 0.338 e. The van der Waals surface area contributed by atoms with Crippen LogP contribution in [0, 0.1) is 11.7 Å². The Morgan fingerprint density at radius 3 is 2.38 bits per heavy atom. The number of rotatable bonds is 7. The molecular formula is C16H26FN3O. The Morgan fingerprint density at radius 2 is 1.86 bits per heavy atom. The summed E-state index contributed by atoms with van der Waals surface area (Å²) in [6, 6.07) is 5.96. The van der Waals surface area contributed by atoms with Gasteiger partial charge in [-0.05, 0) is 50.7 Å². The smallest absolute Gasteiger partial charge is 0.315 e. The van der Waals surface area contributed by atoms with Gasteiger partial charge in [0.2, 0.25) is 0 Å². The van der Waals surface area contributed by atoms with Gasteiger partial charge in [-0.1, -0.05) is 26.0 Å². The maximum absolute atomic E-state index is 13.0. The molecule has 1 unspecified atom stereocenters. The zero-order chi connectivity index (χ0) is 15.8. The minimum Gasteiger partial charge on any atom is -0.338 e. The summed E-state index contributed by atoms with van der Waals surface area (Å²) in [7, 11) is 4.01. The second kappa shape index (κ2) is 8.62. The third kappa shape index (κ3) is 6.58. The molecule has 21 heavy (non-hydrogen) atoms. The predicted molar refractivity (Wildman–Crippen MR) is 83.7 cm³/mol. The van der Waals surface area contributed by atoms with Crippen LogP contribution < -0.4 is 10.6 Å². The van der Waals surface area contributed by atoms with Crippen LogP contribution in [-0.2, 0) is 0 Å². The highest BCUT2D eigenvalue weighted by atomic mass is 19.1. The fourth-order valence-electron chi connectivity index (χ4n) is 2.09. The first kappa shape index (κ1) is 17.4. The lowest BCUT2D eigenvalue weighted by Crippen LogP contribution is -2.40. The van der Waals surface area contributed by atoms with Crippen LogP contribution in [0.25, 0.3) is 0 Å². The van der Waals surface area contributed by atoms with Gasteiger partial charge in [-0.15, -0.1) is 0 Å². The van der Waals surface area contributed by atoms with Gasteiger partial charge in [0.05, 0.1) is 6.04 Å². The number of carbonyl (C=O) groups is 1. The van der Waals surface area contributed by atoms with Gasteiger partial charge in [0, 0.05) is 6.54 Å². The Kier molecular flexibility index (Phi) is 7.15. The number of hydrogen-bond acceptors (Lipinski definition) is 2. The first-order valence-corrected chi connectivity index (χ1v) is 7.34. The molecule has 0 bridgehead atoms. The van der Waals surface area contributed by atoms with Crippen LogP contribution in [0.15, 0.2) is 24.3 Å². The zero-order valence-electron chi connectivity index (χ0n) is 13.3. The van der Waals surface area contributed by atoms with E-state index < -0.39 is 0 Å². The molecule has 0 heterocycles. The molecule has 0 aromatic heterocycles. The van der Waals surface area contributed by atoms with E-state index in [0.29, 0.717) is 6.54 Å². The highest BCUT2D eigenvalue weighted by Crippen LogP contribution is 2.21. The molecule has 0 aliphatic carbocycles. The highest BCUT2D eigenvalue weighted by Gasteiger charge is 2.18. The van der Waals surface area contributed by atoms with Crippen LogP contribution in [0.2, 0.25) is 0 Å². The summed E-state index contributed by atoms with van der Waals surface area (Å²) in [5, 5.41) is 5.81. The van der Waals surface area contributed by atoms with E-state index in [2.05, 4.69) is 15.5 Å². The molecule has 0 aliphatic heterocycles. The van der Waals surface area contributed by atoms with E-state index in [0.717, 1.165) is 18.5 Å². The lowest BCUT2D eigenvalue weighted by molar-refractivity contribution is 0.232. The number of carbonyl (C=O) groups excluding carboxylic acids is 1. The van der Waals surface area contributed by atoms with Crippen molar-refractivity contribution in [3.8, 4) is 0 Å². The van der Waals surface area contributed by atoms with Crippen molar-refractivity contribution in [3.05, 3.63) is 35.6 Å². The Hall–Kier alpha value is -1.62. The van der Waals surface area contributed by atoms with Crippen LogP contribution in [0.5, 0.6) is 0 Å². The van der Waals surface area contributed by atoms with Crippen molar-refractivity contribution in [2.75, 3.05) is 27.2 Å². The molecule has 4 nitrogen and oxygen atoms in total. The molecule has 0 saturated carbocycles. The molecule has 0 saturated heterocycles. The Labute approximate surface area is 126 Å². The van der Waals surface area contributed by atoms with E-state index in [-0.39, 0.29) is 23.8 Å². The summed E-state index contributed by atoms with van der Waals surface area (Å²) in [6.07, 6.45) is 0.906. The van der Waals surface area contributed by atoms with Gasteiger partial charge in [0.25, 0.3) is 0 Å². The molecule has 0 fully saturated rings. The van der Waals surface area contributed by atoms with Crippen LogP contribution in [0.1, 0.15) is 31.9 Å². The number of amides is 2. The van der Waals surface area contributed by atoms with Crippen molar-refractivity contribution >= 4 is 6.03 Å². The molecule has 2 amide bonds. The standard InChI is InChI=1S/C16H26FN3O/c1-12(2)15(13-6-8-14(17)9-7-13)19-16(21)18-10-5-11-20(3)4/h6-9,12,15H,5,10-11H2,1-4H3,(H2,18,19,21). The normalized spacial score (nSPS) is 12.5. The maximum Gasteiger partial charge on any atom is 0.315 e. The number of nitrogens with zero attached hydrogens (tertiary/aromatic N) is 1. The van der Waals surface area contributed by atoms with E-state index in [1.165, 1.54) is 12.1 Å². The molecular weight excluding hydrogens is 269 g/mol. The monoisotopic (exact) mass is 295 g/mol. The van der Waals surface area contributed by atoms with Crippen LogP contribution >= 0.6 is 0 Å². The number of nitrogens with one attached hydrogen (secondary N) is 2. The SMILES string of the molecule is CC(C)C(NC(=O)NCCCN(C)C)c1ccc(F)cc1. The lowest BCUT2D eigenvalue weighted by Gasteiger charge is -2.23. The summed E-state index contributed by atoms with van der Waals surface area (Å²) < 4.78 is 13.0. The second-order valence-corrected chi connectivity index (χ2v) is 5.83. The summed E-state index contributed by atoms with van der Waals surface area (Å²) >= 11 is 0. The average Bonchev–Trinajstić information content (AvgIpc) is 2.41. The minimum absolute atomic E-state index is 0.126. The number of halogens is 1. The summed E-state index contributed by atoms with van der Waals surface area (Å²) in [6.45, 7) is 5.63. The van der Waals surface area contributed by atoms with Gasteiger partial charge >= 0.3 is 6.03 Å². The summed E-state index contributed by atoms with van der Waals surface area (Å²) in [4.78, 5) is 14.0. The second-order valence-electron chi connectivity index (χ2n) is 5.83. The van der Waals surface area contributed by atoms with Crippen molar-refractivity contribution in [1.82, 2.24) is 15.5 Å². The summed E-state index contributed by atoms with van der Waals surface area (Å²) in [5.41, 5.74) is 0.912. The molecule has 118 valence electrons. The van der Waals surface area contributed by atoms with Gasteiger partial charge < -0.3 is 15.5 Å². The van der Waals surface area contributed by atoms with E-state index in [1.807, 2.05) is 27.9 Å². The molecule has 5 heteroatoms. The molecule has 1 rings (SSSR count). The van der Waals surface area contributed by atoms with E-state index in [4.69, 9.17) is 0 Å². The van der Waals surface area contributed by atoms with Crippen molar-refractivity contribution in [2.24, 2.45) is 5.92 Å². The quantitative estimate of drug-likeness (QED) is 0.760. The van der Waals surface area contributed by atoms with Gasteiger partial charge in [-0.3, -0.25) is 0 Å². The number of benzene rings is 1. The third-order valence-electron chi connectivity index (χ3n) is 3.25. The average molecular weight is 295 g/mol. The number of urea groups is 1. The van der Waals surface area contributed by atoms with Crippen LogP contribution in [0.3, 0.4) is 0 Å². The Bertz CT molecular complexity index is 432. The van der Waals surface area contributed by atoms with E-state index >= 15 is 0 Å².